The van der Waals surface area contributed by atoms with Gasteiger partial charge in [0, 0.05) is 20.6 Å². The number of hydrogen-bond donors (Lipinski definition) is 2. The van der Waals surface area contributed by atoms with Crippen LogP contribution in [0.5, 0.6) is 0 Å². The van der Waals surface area contributed by atoms with Gasteiger partial charge in [0.05, 0.1) is 6.54 Å². The second-order valence-corrected chi connectivity index (χ2v) is 3.51. The topological polar surface area (TPSA) is 90.0 Å². The van der Waals surface area contributed by atoms with Gasteiger partial charge < -0.3 is 20.2 Å². The summed E-state index contributed by atoms with van der Waals surface area (Å²) in [5.41, 5.74) is 0. The number of aliphatic carboxylic acids is 1. The molecule has 7 nitrogen and oxygen atoms in total. The van der Waals surface area contributed by atoms with Crippen LogP contribution in [0.2, 0.25) is 0 Å². The van der Waals surface area contributed by atoms with E-state index in [2.05, 4.69) is 11.9 Å². The summed E-state index contributed by atoms with van der Waals surface area (Å²) in [6.07, 6.45) is 1.41. The standard InChI is InChI=1S/C10H17N3O4/c1-4-5-13(7-9(15)16)10(17)11-6-8(14)12(2)3/h4H,1,5-7H2,2-3H3,(H,11,17)(H,15,16). The average Bonchev–Trinajstić information content (AvgIpc) is 2.23. The number of carbonyl (C=O) groups is 3. The highest BCUT2D eigenvalue weighted by molar-refractivity contribution is 5.85. The van der Waals surface area contributed by atoms with Crippen LogP contribution in [0.25, 0.3) is 0 Å². The monoisotopic (exact) mass is 243 g/mol. The highest BCUT2D eigenvalue weighted by Gasteiger charge is 2.16. The van der Waals surface area contributed by atoms with Crippen molar-refractivity contribution in [3.63, 3.8) is 0 Å². The molecule has 0 saturated carbocycles. The Morgan fingerprint density at radius 1 is 1.35 bits per heavy atom. The van der Waals surface area contributed by atoms with Gasteiger partial charge in [0.25, 0.3) is 0 Å². The lowest BCUT2D eigenvalue weighted by Gasteiger charge is -2.20. The normalized spacial score (nSPS) is 9.29. The molecule has 0 bridgehead atoms. The highest BCUT2D eigenvalue weighted by Crippen LogP contribution is 1.90. The van der Waals surface area contributed by atoms with Crippen molar-refractivity contribution >= 4 is 17.9 Å². The Hall–Kier alpha value is -2.05. The van der Waals surface area contributed by atoms with E-state index < -0.39 is 18.5 Å². The molecule has 0 radical (unpaired) electrons. The predicted molar refractivity (Wildman–Crippen MR) is 61.5 cm³/mol. The number of amides is 3. The molecule has 0 aromatic rings. The zero-order valence-electron chi connectivity index (χ0n) is 9.97. The first kappa shape index (κ1) is 14.9. The summed E-state index contributed by atoms with van der Waals surface area (Å²) in [5.74, 6) is -1.40. The second-order valence-electron chi connectivity index (χ2n) is 3.51. The third-order valence-corrected chi connectivity index (χ3v) is 1.85. The quantitative estimate of drug-likeness (QED) is 0.607. The summed E-state index contributed by atoms with van der Waals surface area (Å²) in [5, 5.41) is 10.9. The van der Waals surface area contributed by atoms with E-state index in [1.807, 2.05) is 0 Å². The number of hydrogen-bond acceptors (Lipinski definition) is 3. The molecule has 0 unspecified atom stereocenters. The minimum absolute atomic E-state index is 0.105. The van der Waals surface area contributed by atoms with E-state index in [4.69, 9.17) is 5.11 Å². The van der Waals surface area contributed by atoms with Gasteiger partial charge in [-0.3, -0.25) is 9.59 Å². The molecule has 0 aliphatic rings. The van der Waals surface area contributed by atoms with E-state index in [0.29, 0.717) is 0 Å². The maximum Gasteiger partial charge on any atom is 0.323 e. The summed E-state index contributed by atoms with van der Waals surface area (Å²) in [6.45, 7) is 2.93. The van der Waals surface area contributed by atoms with E-state index in [9.17, 15) is 14.4 Å². The van der Waals surface area contributed by atoms with Crippen LogP contribution in [0.1, 0.15) is 0 Å². The Bertz CT molecular complexity index is 315. The van der Waals surface area contributed by atoms with Gasteiger partial charge in [0.15, 0.2) is 0 Å². The molecule has 0 aliphatic carbocycles. The van der Waals surface area contributed by atoms with Crippen LogP contribution in [0.3, 0.4) is 0 Å². The van der Waals surface area contributed by atoms with E-state index in [1.165, 1.54) is 11.0 Å². The number of carboxylic acid groups (broad SMARTS) is 1. The fourth-order valence-corrected chi connectivity index (χ4v) is 0.960. The van der Waals surface area contributed by atoms with Gasteiger partial charge in [-0.15, -0.1) is 6.58 Å². The zero-order chi connectivity index (χ0) is 13.4. The number of nitrogens with one attached hydrogen (secondary N) is 1. The first-order chi connectivity index (χ1) is 7.88. The molecule has 0 aromatic heterocycles. The van der Waals surface area contributed by atoms with Crippen LogP contribution in [-0.2, 0) is 9.59 Å². The third kappa shape index (κ3) is 6.18. The molecule has 96 valence electrons. The van der Waals surface area contributed by atoms with Crippen LogP contribution in [0.4, 0.5) is 4.79 Å². The molecule has 0 saturated heterocycles. The van der Waals surface area contributed by atoms with Gasteiger partial charge in [-0.1, -0.05) is 6.08 Å². The molecule has 0 rings (SSSR count). The van der Waals surface area contributed by atoms with E-state index >= 15 is 0 Å². The van der Waals surface area contributed by atoms with Gasteiger partial charge in [-0.2, -0.15) is 0 Å². The maximum absolute atomic E-state index is 11.5. The van der Waals surface area contributed by atoms with Crippen molar-refractivity contribution in [2.24, 2.45) is 0 Å². The smallest absolute Gasteiger partial charge is 0.323 e. The van der Waals surface area contributed by atoms with Crippen molar-refractivity contribution in [1.82, 2.24) is 15.1 Å². The van der Waals surface area contributed by atoms with Crippen molar-refractivity contribution in [1.29, 1.82) is 0 Å². The molecule has 0 spiro atoms. The van der Waals surface area contributed by atoms with Crippen LogP contribution in [-0.4, -0.2) is 66.5 Å². The van der Waals surface area contributed by atoms with Gasteiger partial charge >= 0.3 is 12.0 Å². The van der Waals surface area contributed by atoms with E-state index in [1.54, 1.807) is 14.1 Å². The Balaban J connectivity index is 4.27. The van der Waals surface area contributed by atoms with Gasteiger partial charge in [0.1, 0.15) is 6.54 Å². The molecular formula is C10H17N3O4. The van der Waals surface area contributed by atoms with E-state index in [-0.39, 0.29) is 19.0 Å². The first-order valence-corrected chi connectivity index (χ1v) is 4.94. The fraction of sp³-hybridized carbons (Fsp3) is 0.500. The number of nitrogens with zero attached hydrogens (tertiary/aromatic N) is 2. The molecular weight excluding hydrogens is 226 g/mol. The van der Waals surface area contributed by atoms with Crippen LogP contribution in [0, 0.1) is 0 Å². The van der Waals surface area contributed by atoms with Crippen molar-refractivity contribution in [2.45, 2.75) is 0 Å². The van der Waals surface area contributed by atoms with Crippen molar-refractivity contribution in [3.05, 3.63) is 12.7 Å². The summed E-state index contributed by atoms with van der Waals surface area (Å²) in [7, 11) is 3.13. The first-order valence-electron chi connectivity index (χ1n) is 4.94. The largest absolute Gasteiger partial charge is 0.480 e. The van der Waals surface area contributed by atoms with Crippen molar-refractivity contribution < 1.29 is 19.5 Å². The summed E-state index contributed by atoms with van der Waals surface area (Å²) < 4.78 is 0. The van der Waals surface area contributed by atoms with Crippen molar-refractivity contribution in [3.8, 4) is 0 Å². The van der Waals surface area contributed by atoms with Crippen LogP contribution in [0.15, 0.2) is 12.7 Å². The molecule has 0 aliphatic heterocycles. The highest BCUT2D eigenvalue weighted by atomic mass is 16.4. The number of carbonyl (C=O) groups excluding carboxylic acids is 2. The molecule has 3 amide bonds. The maximum atomic E-state index is 11.5. The fourth-order valence-electron chi connectivity index (χ4n) is 0.960. The molecule has 7 heteroatoms. The third-order valence-electron chi connectivity index (χ3n) is 1.85. The average molecular weight is 243 g/mol. The number of likely N-dealkylation sites (N-methyl/N-ethyl adjacent to an activating group) is 1. The SMILES string of the molecule is C=CCN(CC(=O)O)C(=O)NCC(=O)N(C)C. The van der Waals surface area contributed by atoms with Crippen LogP contribution >= 0.6 is 0 Å². The number of urea groups is 1. The van der Waals surface area contributed by atoms with Gasteiger partial charge in [-0.25, -0.2) is 4.79 Å². The molecule has 17 heavy (non-hydrogen) atoms. The lowest BCUT2D eigenvalue weighted by molar-refractivity contribution is -0.137. The minimum atomic E-state index is -1.12. The predicted octanol–water partition coefficient (Wildman–Crippen LogP) is -0.643. The lowest BCUT2D eigenvalue weighted by atomic mass is 10.4. The summed E-state index contributed by atoms with van der Waals surface area (Å²) >= 11 is 0. The molecule has 0 fully saturated rings. The second kappa shape index (κ2) is 7.26. The molecule has 0 heterocycles. The number of rotatable bonds is 6. The molecule has 0 atom stereocenters. The summed E-state index contributed by atoms with van der Waals surface area (Å²) in [4.78, 5) is 35.6. The van der Waals surface area contributed by atoms with Gasteiger partial charge in [0.2, 0.25) is 5.91 Å². The van der Waals surface area contributed by atoms with Crippen molar-refractivity contribution in [2.75, 3.05) is 33.7 Å². The minimum Gasteiger partial charge on any atom is -0.480 e. The Kier molecular flexibility index (Phi) is 6.39. The number of carboxylic acids is 1. The lowest BCUT2D eigenvalue weighted by Crippen LogP contribution is -2.46. The molecule has 2 N–H and O–H groups in total. The molecule has 0 aromatic carbocycles. The van der Waals surface area contributed by atoms with Gasteiger partial charge in [-0.05, 0) is 0 Å². The Morgan fingerprint density at radius 2 is 1.94 bits per heavy atom. The Morgan fingerprint density at radius 3 is 2.35 bits per heavy atom. The Labute approximate surface area is 99.7 Å². The van der Waals surface area contributed by atoms with Crippen LogP contribution < -0.4 is 5.32 Å². The summed E-state index contributed by atoms with van der Waals surface area (Å²) in [6, 6.07) is -0.609. The van der Waals surface area contributed by atoms with E-state index in [0.717, 1.165) is 4.90 Å². The zero-order valence-corrected chi connectivity index (χ0v) is 9.97.